The summed E-state index contributed by atoms with van der Waals surface area (Å²) in [7, 11) is 1.04. The Bertz CT molecular complexity index is 734. The summed E-state index contributed by atoms with van der Waals surface area (Å²) < 4.78 is 42.8. The molecule has 1 rings (SSSR count). The van der Waals surface area contributed by atoms with Crippen LogP contribution in [0.3, 0.4) is 0 Å². The van der Waals surface area contributed by atoms with Gasteiger partial charge in [0.25, 0.3) is 5.69 Å². The van der Waals surface area contributed by atoms with Crippen molar-refractivity contribution in [2.45, 2.75) is 13.1 Å². The summed E-state index contributed by atoms with van der Waals surface area (Å²) in [4.78, 5) is 33.8. The minimum Gasteiger partial charge on any atom is -0.465 e. The minimum absolute atomic E-state index is 0.212. The Labute approximate surface area is 148 Å². The third kappa shape index (κ3) is 4.78. The molecular formula is C14H12BrF3N2O5. The molecule has 25 heavy (non-hydrogen) atoms. The number of nitro benzene ring substituents is 1. The summed E-state index contributed by atoms with van der Waals surface area (Å²) in [6.45, 7) is 0.964. The first-order valence-corrected chi connectivity index (χ1v) is 7.40. The maximum atomic E-state index is 12.9. The monoisotopic (exact) mass is 424 g/mol. The van der Waals surface area contributed by atoms with Gasteiger partial charge in [0.15, 0.2) is 0 Å². The van der Waals surface area contributed by atoms with Crippen molar-refractivity contribution in [3.8, 4) is 0 Å². The zero-order valence-corrected chi connectivity index (χ0v) is 14.6. The van der Waals surface area contributed by atoms with Crippen LogP contribution < -0.4 is 4.90 Å². The fourth-order valence-electron chi connectivity index (χ4n) is 1.87. The number of allylic oxidation sites excluding steroid dienone is 1. The molecule has 0 radical (unpaired) electrons. The molecule has 0 aliphatic carbocycles. The minimum atomic E-state index is -5.24. The zero-order chi connectivity index (χ0) is 19.4. The summed E-state index contributed by atoms with van der Waals surface area (Å²) >= 11 is 2.89. The van der Waals surface area contributed by atoms with Crippen molar-refractivity contribution in [3.05, 3.63) is 44.4 Å². The number of amides is 1. The van der Waals surface area contributed by atoms with Crippen LogP contribution in [0.25, 0.3) is 0 Å². The molecule has 0 fully saturated rings. The van der Waals surface area contributed by atoms with Gasteiger partial charge in [-0.2, -0.15) is 13.2 Å². The first kappa shape index (κ1) is 20.6. The van der Waals surface area contributed by atoms with Crippen molar-refractivity contribution < 1.29 is 32.4 Å². The Kier molecular flexibility index (Phi) is 6.68. The molecule has 11 heteroatoms. The Morgan fingerprint density at radius 3 is 2.44 bits per heavy atom. The zero-order valence-electron chi connectivity index (χ0n) is 13.0. The van der Waals surface area contributed by atoms with Crippen LogP contribution in [0, 0.1) is 10.1 Å². The molecule has 0 saturated heterocycles. The second-order valence-electron chi connectivity index (χ2n) is 4.56. The van der Waals surface area contributed by atoms with E-state index in [-0.39, 0.29) is 14.9 Å². The summed E-state index contributed by atoms with van der Waals surface area (Å²) in [5.41, 5.74) is -1.72. The molecule has 0 heterocycles. The van der Waals surface area contributed by atoms with E-state index in [2.05, 4.69) is 20.7 Å². The van der Waals surface area contributed by atoms with Crippen molar-refractivity contribution in [2.24, 2.45) is 0 Å². The average molecular weight is 425 g/mol. The van der Waals surface area contributed by atoms with E-state index in [1.807, 2.05) is 0 Å². The van der Waals surface area contributed by atoms with Gasteiger partial charge in [-0.05, 0) is 28.9 Å². The van der Waals surface area contributed by atoms with Crippen molar-refractivity contribution in [1.29, 1.82) is 0 Å². The van der Waals surface area contributed by atoms with Crippen LogP contribution >= 0.6 is 15.9 Å². The lowest BCUT2D eigenvalue weighted by molar-refractivity contribution is -0.384. The molecule has 7 nitrogen and oxygen atoms in total. The van der Waals surface area contributed by atoms with Crippen LogP contribution in [-0.4, -0.2) is 36.6 Å². The fraction of sp³-hybridized carbons (Fsp3) is 0.286. The fourth-order valence-corrected chi connectivity index (χ4v) is 2.53. The number of ether oxygens (including phenoxy) is 1. The molecule has 0 aliphatic rings. The van der Waals surface area contributed by atoms with Gasteiger partial charge in [-0.15, -0.1) is 0 Å². The van der Waals surface area contributed by atoms with Gasteiger partial charge >= 0.3 is 18.1 Å². The number of benzene rings is 1. The van der Waals surface area contributed by atoms with Crippen LogP contribution in [0.15, 0.2) is 28.8 Å². The average Bonchev–Trinajstić information content (AvgIpc) is 2.53. The highest BCUT2D eigenvalue weighted by molar-refractivity contribution is 9.10. The normalized spacial score (nSPS) is 11.4. The van der Waals surface area contributed by atoms with Crippen molar-refractivity contribution in [3.63, 3.8) is 0 Å². The molecule has 1 amide bonds. The molecule has 0 spiro atoms. The second kappa shape index (κ2) is 8.10. The van der Waals surface area contributed by atoms with Gasteiger partial charge in [0.1, 0.15) is 5.69 Å². The quantitative estimate of drug-likeness (QED) is 0.311. The third-order valence-electron chi connectivity index (χ3n) is 2.94. The lowest BCUT2D eigenvalue weighted by Crippen LogP contribution is -2.42. The summed E-state index contributed by atoms with van der Waals surface area (Å²) in [6.07, 6.45) is -2.62. The molecule has 0 atom stereocenters. The standard InChI is InChI=1S/C14H12BrF3N2O5/c1-3-4-5-19(13(22)14(16,17)18)11-9(15)6-8(12(21)25-2)7-10(11)20(23)24/h3-4,6-7H,5H2,1-2H3. The number of nitrogens with zero attached hydrogens (tertiary/aromatic N) is 2. The molecule has 1 aromatic rings. The highest BCUT2D eigenvalue weighted by atomic mass is 79.9. The van der Waals surface area contributed by atoms with Crippen molar-refractivity contribution >= 4 is 39.2 Å². The Morgan fingerprint density at radius 1 is 1.40 bits per heavy atom. The third-order valence-corrected chi connectivity index (χ3v) is 3.55. The van der Waals surface area contributed by atoms with Crippen LogP contribution in [0.5, 0.6) is 0 Å². The van der Waals surface area contributed by atoms with E-state index in [4.69, 9.17) is 0 Å². The van der Waals surface area contributed by atoms with Crippen molar-refractivity contribution in [1.82, 2.24) is 0 Å². The molecule has 0 unspecified atom stereocenters. The number of hydrogen-bond acceptors (Lipinski definition) is 5. The number of carbonyl (C=O) groups is 2. The van der Waals surface area contributed by atoms with Gasteiger partial charge in [-0.3, -0.25) is 19.8 Å². The van der Waals surface area contributed by atoms with E-state index in [9.17, 15) is 32.9 Å². The molecule has 0 saturated carbocycles. The van der Waals surface area contributed by atoms with E-state index >= 15 is 0 Å². The van der Waals surface area contributed by atoms with Crippen LogP contribution in [-0.2, 0) is 9.53 Å². The largest absolute Gasteiger partial charge is 0.471 e. The van der Waals surface area contributed by atoms with Gasteiger partial charge < -0.3 is 4.74 Å². The van der Waals surface area contributed by atoms with Gasteiger partial charge in [0.2, 0.25) is 0 Å². The second-order valence-corrected chi connectivity index (χ2v) is 5.41. The summed E-state index contributed by atoms with van der Waals surface area (Å²) in [6, 6.07) is 1.79. The number of nitro groups is 1. The number of halogens is 4. The van der Waals surface area contributed by atoms with Crippen LogP contribution in [0.2, 0.25) is 0 Å². The van der Waals surface area contributed by atoms with E-state index in [1.165, 1.54) is 19.1 Å². The van der Waals surface area contributed by atoms with Gasteiger partial charge in [0, 0.05) is 17.1 Å². The van der Waals surface area contributed by atoms with Crippen LogP contribution in [0.4, 0.5) is 24.5 Å². The predicted octanol–water partition coefficient (Wildman–Crippen LogP) is 3.62. The number of methoxy groups -OCH3 is 1. The number of alkyl halides is 3. The van der Waals surface area contributed by atoms with Crippen LogP contribution in [0.1, 0.15) is 17.3 Å². The highest BCUT2D eigenvalue weighted by Crippen LogP contribution is 2.39. The van der Waals surface area contributed by atoms with E-state index in [1.54, 1.807) is 0 Å². The molecule has 1 aromatic carbocycles. The van der Waals surface area contributed by atoms with Gasteiger partial charge in [0.05, 0.1) is 17.6 Å². The SMILES string of the molecule is CC=CCN(C(=O)C(F)(F)F)c1c(Br)cc(C(=O)OC)cc1[N+](=O)[O-]. The number of rotatable bonds is 5. The lowest BCUT2D eigenvalue weighted by Gasteiger charge is -2.23. The highest BCUT2D eigenvalue weighted by Gasteiger charge is 2.45. The Balaban J connectivity index is 3.65. The Morgan fingerprint density at radius 2 is 2.00 bits per heavy atom. The van der Waals surface area contributed by atoms with Gasteiger partial charge in [-0.1, -0.05) is 12.2 Å². The number of esters is 1. The van der Waals surface area contributed by atoms with E-state index < -0.39 is 40.9 Å². The smallest absolute Gasteiger partial charge is 0.465 e. The molecule has 0 aliphatic heterocycles. The molecule has 0 aromatic heterocycles. The Hall–Kier alpha value is -2.43. The van der Waals surface area contributed by atoms with Gasteiger partial charge in [-0.25, -0.2) is 4.79 Å². The molecular weight excluding hydrogens is 413 g/mol. The summed E-state index contributed by atoms with van der Waals surface area (Å²) in [5.74, 6) is -3.20. The molecule has 0 N–H and O–H groups in total. The van der Waals surface area contributed by atoms with E-state index in [0.29, 0.717) is 0 Å². The maximum absolute atomic E-state index is 12.9. The summed E-state index contributed by atoms with van der Waals surface area (Å²) in [5, 5.41) is 11.3. The first-order valence-electron chi connectivity index (χ1n) is 6.60. The molecule has 0 bridgehead atoms. The maximum Gasteiger partial charge on any atom is 0.471 e. The number of carbonyl (C=O) groups excluding carboxylic acids is 2. The number of hydrogen-bond donors (Lipinski definition) is 0. The first-order chi connectivity index (χ1) is 11.5. The molecule has 136 valence electrons. The topological polar surface area (TPSA) is 89.8 Å². The predicted molar refractivity (Wildman–Crippen MR) is 85.4 cm³/mol. The lowest BCUT2D eigenvalue weighted by atomic mass is 10.1. The van der Waals surface area contributed by atoms with Crippen molar-refractivity contribution in [2.75, 3.05) is 18.6 Å². The number of anilines is 1. The van der Waals surface area contributed by atoms with E-state index in [0.717, 1.165) is 19.2 Å².